The fourth-order valence-corrected chi connectivity index (χ4v) is 2.34. The molecule has 0 saturated carbocycles. The minimum atomic E-state index is 0.884. The van der Waals surface area contributed by atoms with Crippen molar-refractivity contribution in [3.05, 3.63) is 12.2 Å². The van der Waals surface area contributed by atoms with E-state index in [9.17, 15) is 0 Å². The highest BCUT2D eigenvalue weighted by Gasteiger charge is 2.06. The topological polar surface area (TPSA) is 0 Å². The van der Waals surface area contributed by atoms with E-state index >= 15 is 0 Å². The normalized spacial score (nSPS) is 12.8. The van der Waals surface area contributed by atoms with Crippen LogP contribution in [0.1, 0.15) is 52.4 Å². The van der Waals surface area contributed by atoms with E-state index in [1.165, 1.54) is 48.5 Å². The molecule has 0 aliphatic carbocycles. The van der Waals surface area contributed by atoms with E-state index < -0.39 is 0 Å². The first kappa shape index (κ1) is 13.5. The maximum Gasteiger partial charge on any atom is 0.00267 e. The average molecular weight is 294 g/mol. The third kappa shape index (κ3) is 8.79. The van der Waals surface area contributed by atoms with Crippen LogP contribution in [0.25, 0.3) is 0 Å². The van der Waals surface area contributed by atoms with Crippen molar-refractivity contribution in [1.29, 1.82) is 0 Å². The summed E-state index contributed by atoms with van der Waals surface area (Å²) in [5, 5.41) is 0. The molecule has 0 saturated heterocycles. The van der Waals surface area contributed by atoms with E-state index in [2.05, 4.69) is 43.0 Å². The largest absolute Gasteiger partial charge is 0.100 e. The first-order valence-electron chi connectivity index (χ1n) is 5.41. The summed E-state index contributed by atoms with van der Waals surface area (Å²) in [7, 11) is 0. The SMILES string of the molecule is C=C(C)CC(CI)CCCCCC. The number of alkyl halides is 1. The first-order valence-corrected chi connectivity index (χ1v) is 6.93. The van der Waals surface area contributed by atoms with Crippen LogP contribution < -0.4 is 0 Å². The predicted molar refractivity (Wildman–Crippen MR) is 70.6 cm³/mol. The van der Waals surface area contributed by atoms with E-state index in [1.807, 2.05) is 0 Å². The number of allylic oxidation sites excluding steroid dienone is 1. The van der Waals surface area contributed by atoms with Gasteiger partial charge >= 0.3 is 0 Å². The molecular formula is C12H23I. The lowest BCUT2D eigenvalue weighted by Gasteiger charge is -2.13. The molecule has 0 rings (SSSR count). The lowest BCUT2D eigenvalue weighted by Crippen LogP contribution is -2.02. The molecule has 1 heteroatoms. The van der Waals surface area contributed by atoms with Crippen molar-refractivity contribution in [1.82, 2.24) is 0 Å². The summed E-state index contributed by atoms with van der Waals surface area (Å²) < 4.78 is 1.29. The van der Waals surface area contributed by atoms with Gasteiger partial charge in [0.25, 0.3) is 0 Å². The zero-order valence-electron chi connectivity index (χ0n) is 9.11. The Balaban J connectivity index is 3.42. The van der Waals surface area contributed by atoms with Gasteiger partial charge in [0.1, 0.15) is 0 Å². The summed E-state index contributed by atoms with van der Waals surface area (Å²) >= 11 is 2.50. The average Bonchev–Trinajstić information content (AvgIpc) is 2.09. The molecule has 0 aromatic rings. The van der Waals surface area contributed by atoms with Crippen molar-refractivity contribution in [3.63, 3.8) is 0 Å². The van der Waals surface area contributed by atoms with Crippen LogP contribution in [-0.2, 0) is 0 Å². The Morgan fingerprint density at radius 1 is 1.31 bits per heavy atom. The van der Waals surface area contributed by atoms with Crippen LogP contribution in [0.4, 0.5) is 0 Å². The van der Waals surface area contributed by atoms with E-state index in [0.29, 0.717) is 0 Å². The van der Waals surface area contributed by atoms with Crippen molar-refractivity contribution in [2.75, 3.05) is 4.43 Å². The van der Waals surface area contributed by atoms with Crippen molar-refractivity contribution in [2.24, 2.45) is 5.92 Å². The fourth-order valence-electron chi connectivity index (χ4n) is 1.59. The number of hydrogen-bond acceptors (Lipinski definition) is 0. The van der Waals surface area contributed by atoms with Gasteiger partial charge in [0.05, 0.1) is 0 Å². The van der Waals surface area contributed by atoms with Gasteiger partial charge in [-0.25, -0.2) is 0 Å². The molecule has 0 spiro atoms. The third-order valence-electron chi connectivity index (χ3n) is 2.32. The van der Waals surface area contributed by atoms with Gasteiger partial charge in [-0.3, -0.25) is 0 Å². The van der Waals surface area contributed by atoms with Gasteiger partial charge in [-0.1, -0.05) is 60.8 Å². The van der Waals surface area contributed by atoms with Gasteiger partial charge in [0.15, 0.2) is 0 Å². The predicted octanol–water partition coefficient (Wildman–Crippen LogP) is 4.97. The zero-order chi connectivity index (χ0) is 10.1. The van der Waals surface area contributed by atoms with Crippen molar-refractivity contribution >= 4 is 22.6 Å². The minimum Gasteiger partial charge on any atom is -0.100 e. The molecule has 0 aromatic carbocycles. The van der Waals surface area contributed by atoms with Gasteiger partial charge in [0.2, 0.25) is 0 Å². The third-order valence-corrected chi connectivity index (χ3v) is 3.57. The summed E-state index contributed by atoms with van der Waals surface area (Å²) in [6.07, 6.45) is 8.20. The standard InChI is InChI=1S/C12H23I/c1-4-5-6-7-8-12(10-13)9-11(2)3/h12H,2,4-10H2,1,3H3. The molecule has 78 valence electrons. The van der Waals surface area contributed by atoms with Crippen molar-refractivity contribution < 1.29 is 0 Å². The smallest absolute Gasteiger partial charge is 0.00267 e. The number of rotatable bonds is 8. The van der Waals surface area contributed by atoms with E-state index in [1.54, 1.807) is 0 Å². The Labute approximate surface area is 97.3 Å². The van der Waals surface area contributed by atoms with Gasteiger partial charge in [-0.05, 0) is 25.7 Å². The number of hydrogen-bond donors (Lipinski definition) is 0. The maximum absolute atomic E-state index is 3.98. The van der Waals surface area contributed by atoms with Crippen molar-refractivity contribution in [2.45, 2.75) is 52.4 Å². The van der Waals surface area contributed by atoms with Gasteiger partial charge in [-0.15, -0.1) is 6.58 Å². The minimum absolute atomic E-state index is 0.884. The van der Waals surface area contributed by atoms with Crippen molar-refractivity contribution in [3.8, 4) is 0 Å². The molecule has 1 atom stereocenters. The second-order valence-electron chi connectivity index (χ2n) is 4.03. The van der Waals surface area contributed by atoms with Crippen LogP contribution in [0.2, 0.25) is 0 Å². The summed E-state index contributed by atoms with van der Waals surface area (Å²) in [4.78, 5) is 0. The Bertz CT molecular complexity index is 129. The molecule has 13 heavy (non-hydrogen) atoms. The summed E-state index contributed by atoms with van der Waals surface area (Å²) in [5.41, 5.74) is 1.34. The van der Waals surface area contributed by atoms with E-state index in [4.69, 9.17) is 0 Å². The molecular weight excluding hydrogens is 271 g/mol. The lowest BCUT2D eigenvalue weighted by atomic mass is 9.96. The molecule has 0 aliphatic rings. The van der Waals surface area contributed by atoms with Crippen LogP contribution in [0, 0.1) is 5.92 Å². The summed E-state index contributed by atoms with van der Waals surface area (Å²) in [5.74, 6) is 0.884. The molecule has 0 heterocycles. The Morgan fingerprint density at radius 3 is 2.46 bits per heavy atom. The highest BCUT2D eigenvalue weighted by atomic mass is 127. The van der Waals surface area contributed by atoms with Crippen LogP contribution in [0.15, 0.2) is 12.2 Å². The van der Waals surface area contributed by atoms with Crippen LogP contribution in [-0.4, -0.2) is 4.43 Å². The monoisotopic (exact) mass is 294 g/mol. The van der Waals surface area contributed by atoms with Gasteiger partial charge in [0, 0.05) is 4.43 Å². The number of unbranched alkanes of at least 4 members (excludes halogenated alkanes) is 3. The van der Waals surface area contributed by atoms with Crippen LogP contribution in [0.3, 0.4) is 0 Å². The van der Waals surface area contributed by atoms with Crippen LogP contribution >= 0.6 is 22.6 Å². The molecule has 0 nitrogen and oxygen atoms in total. The second-order valence-corrected chi connectivity index (χ2v) is 4.91. The molecule has 0 bridgehead atoms. The fraction of sp³-hybridized carbons (Fsp3) is 0.833. The van der Waals surface area contributed by atoms with E-state index in [0.717, 1.165) is 5.92 Å². The lowest BCUT2D eigenvalue weighted by molar-refractivity contribution is 0.498. The molecule has 0 radical (unpaired) electrons. The highest BCUT2D eigenvalue weighted by molar-refractivity contribution is 14.1. The Hall–Kier alpha value is 0.470. The zero-order valence-corrected chi connectivity index (χ0v) is 11.3. The molecule has 0 amide bonds. The summed E-state index contributed by atoms with van der Waals surface area (Å²) in [6.45, 7) is 8.40. The molecule has 0 N–H and O–H groups in total. The Morgan fingerprint density at radius 2 is 2.00 bits per heavy atom. The van der Waals surface area contributed by atoms with Crippen LogP contribution in [0.5, 0.6) is 0 Å². The van der Waals surface area contributed by atoms with E-state index in [-0.39, 0.29) is 0 Å². The van der Waals surface area contributed by atoms with Gasteiger partial charge < -0.3 is 0 Å². The van der Waals surface area contributed by atoms with Gasteiger partial charge in [-0.2, -0.15) is 0 Å². The summed E-state index contributed by atoms with van der Waals surface area (Å²) in [6, 6.07) is 0. The Kier molecular flexibility index (Phi) is 9.37. The second kappa shape index (κ2) is 9.04. The molecule has 1 unspecified atom stereocenters. The maximum atomic E-state index is 3.98. The first-order chi connectivity index (χ1) is 6.20. The quantitative estimate of drug-likeness (QED) is 0.256. The number of halogens is 1. The molecule has 0 aromatic heterocycles. The highest BCUT2D eigenvalue weighted by Crippen LogP contribution is 2.20. The molecule has 0 fully saturated rings. The molecule has 0 aliphatic heterocycles.